The van der Waals surface area contributed by atoms with Crippen LogP contribution in [0.25, 0.3) is 0 Å². The summed E-state index contributed by atoms with van der Waals surface area (Å²) in [7, 11) is 3.38. The number of carbonyl (C=O) groups excluding carboxylic acids is 1. The molecule has 1 fully saturated rings. The molecule has 2 aliphatic rings. The van der Waals surface area contributed by atoms with Gasteiger partial charge in [-0.3, -0.25) is 19.3 Å². The molecule has 0 spiro atoms. The molecule has 1 aromatic carbocycles. The maximum Gasteiger partial charge on any atom is 0.277 e. The van der Waals surface area contributed by atoms with E-state index in [1.807, 2.05) is 30.3 Å². The van der Waals surface area contributed by atoms with Gasteiger partial charge in [0, 0.05) is 39.6 Å². The normalized spacial score (nSPS) is 23.3. The lowest BCUT2D eigenvalue weighted by Gasteiger charge is -2.53. The maximum atomic E-state index is 12.9. The Morgan fingerprint density at radius 3 is 2.60 bits per heavy atom. The monoisotopic (exact) mass is 413 g/mol. The molecular weight excluding hydrogens is 386 g/mol. The third-order valence-corrected chi connectivity index (χ3v) is 5.89. The second-order valence-corrected chi connectivity index (χ2v) is 7.69. The summed E-state index contributed by atoms with van der Waals surface area (Å²) in [6.45, 7) is 1.20. The minimum Gasteiger partial charge on any atom is -0.502 e. The first-order chi connectivity index (χ1) is 14.5. The fourth-order valence-corrected chi connectivity index (χ4v) is 4.45. The Morgan fingerprint density at radius 1 is 1.10 bits per heavy atom. The zero-order valence-electron chi connectivity index (χ0n) is 17.2. The van der Waals surface area contributed by atoms with Crippen LogP contribution in [0.15, 0.2) is 47.4 Å². The van der Waals surface area contributed by atoms with E-state index in [1.54, 1.807) is 29.9 Å². The summed E-state index contributed by atoms with van der Waals surface area (Å²) >= 11 is 0. The zero-order chi connectivity index (χ0) is 21.3. The van der Waals surface area contributed by atoms with Crippen LogP contribution in [0.3, 0.4) is 0 Å². The molecule has 0 radical (unpaired) electrons. The van der Waals surface area contributed by atoms with Gasteiger partial charge in [0.05, 0.1) is 12.1 Å². The van der Waals surface area contributed by atoms with Crippen molar-refractivity contribution >= 4 is 5.91 Å². The number of nitrogens with zero attached hydrogens (tertiary/aromatic N) is 3. The van der Waals surface area contributed by atoms with Crippen molar-refractivity contribution in [2.75, 3.05) is 32.4 Å². The van der Waals surface area contributed by atoms with Gasteiger partial charge in [0.15, 0.2) is 11.4 Å². The number of methoxy groups -OCH3 is 1. The van der Waals surface area contributed by atoms with Crippen molar-refractivity contribution in [3.8, 4) is 5.75 Å². The second kappa shape index (κ2) is 8.49. The van der Waals surface area contributed by atoms with Gasteiger partial charge in [-0.15, -0.1) is 0 Å². The largest absolute Gasteiger partial charge is 0.502 e. The number of aromatic hydroxyl groups is 1. The number of aromatic nitrogens is 1. The van der Waals surface area contributed by atoms with Gasteiger partial charge in [-0.25, -0.2) is 0 Å². The molecular formula is C22H27N3O5. The number of amides is 1. The predicted octanol–water partition coefficient (Wildman–Crippen LogP) is 1.86. The van der Waals surface area contributed by atoms with E-state index in [1.165, 1.54) is 6.07 Å². The first-order valence-electron chi connectivity index (χ1n) is 10.2. The van der Waals surface area contributed by atoms with Crippen LogP contribution >= 0.6 is 0 Å². The van der Waals surface area contributed by atoms with Gasteiger partial charge in [-0.05, 0) is 24.8 Å². The molecule has 3 atom stereocenters. The van der Waals surface area contributed by atoms with Crippen LogP contribution in [0.2, 0.25) is 0 Å². The van der Waals surface area contributed by atoms with Crippen LogP contribution in [-0.2, 0) is 9.47 Å². The topological polar surface area (TPSA) is 84.2 Å². The summed E-state index contributed by atoms with van der Waals surface area (Å²) in [4.78, 5) is 26.6. The highest BCUT2D eigenvalue weighted by molar-refractivity contribution is 5.96. The minimum atomic E-state index is -0.568. The van der Waals surface area contributed by atoms with E-state index in [9.17, 15) is 14.7 Å². The van der Waals surface area contributed by atoms with Crippen LogP contribution < -0.4 is 10.4 Å². The highest BCUT2D eigenvalue weighted by Crippen LogP contribution is 2.39. The molecule has 8 heteroatoms. The standard InChI is InChI=1S/C22H27N3O5/c1-23-18-10-9-17(30-14-6-13-29-2)19(15-7-4-3-5-8-15)25(18)24-12-11-16(26)21(27)20(24)22(23)28/h3-5,7-8,11-12,17-19,27H,6,9-10,13-14H2,1-2H3. The summed E-state index contributed by atoms with van der Waals surface area (Å²) in [6, 6.07) is 11.1. The third-order valence-electron chi connectivity index (χ3n) is 5.89. The van der Waals surface area contributed by atoms with Crippen LogP contribution in [0.1, 0.15) is 41.4 Å². The average Bonchev–Trinajstić information content (AvgIpc) is 2.77. The number of pyridine rings is 1. The number of piperidine rings is 1. The van der Waals surface area contributed by atoms with Crippen molar-refractivity contribution in [2.45, 2.75) is 37.6 Å². The predicted molar refractivity (Wildman–Crippen MR) is 111 cm³/mol. The lowest BCUT2D eigenvalue weighted by Crippen LogP contribution is -2.65. The van der Waals surface area contributed by atoms with E-state index in [2.05, 4.69) is 5.01 Å². The zero-order valence-corrected chi connectivity index (χ0v) is 17.2. The summed E-state index contributed by atoms with van der Waals surface area (Å²) in [5, 5.41) is 12.4. The lowest BCUT2D eigenvalue weighted by atomic mass is 9.91. The number of fused-ring (bicyclic) bond motifs is 3. The number of hydrogen-bond donors (Lipinski definition) is 1. The molecule has 3 heterocycles. The molecule has 0 bridgehead atoms. The van der Waals surface area contributed by atoms with Gasteiger partial charge in [0.2, 0.25) is 5.43 Å². The first kappa shape index (κ1) is 20.4. The molecule has 4 rings (SSSR count). The van der Waals surface area contributed by atoms with Gasteiger partial charge in [-0.2, -0.15) is 0 Å². The minimum absolute atomic E-state index is 0.0118. The third kappa shape index (κ3) is 3.46. The van der Waals surface area contributed by atoms with E-state index >= 15 is 0 Å². The van der Waals surface area contributed by atoms with E-state index in [0.29, 0.717) is 19.6 Å². The number of carbonyl (C=O) groups is 1. The van der Waals surface area contributed by atoms with Crippen molar-refractivity contribution in [3.05, 3.63) is 64.1 Å². The van der Waals surface area contributed by atoms with Crippen LogP contribution in [0.4, 0.5) is 0 Å². The fraction of sp³-hybridized carbons (Fsp3) is 0.455. The van der Waals surface area contributed by atoms with Crippen molar-refractivity contribution in [1.29, 1.82) is 0 Å². The van der Waals surface area contributed by atoms with Gasteiger partial charge in [-0.1, -0.05) is 30.3 Å². The van der Waals surface area contributed by atoms with Gasteiger partial charge < -0.3 is 19.5 Å². The molecule has 1 N–H and O–H groups in total. The summed E-state index contributed by atoms with van der Waals surface area (Å²) < 4.78 is 13.0. The Kier molecular flexibility index (Phi) is 5.78. The van der Waals surface area contributed by atoms with Crippen molar-refractivity contribution < 1.29 is 19.4 Å². The molecule has 2 aromatic rings. The molecule has 0 saturated carbocycles. The number of ether oxygens (including phenoxy) is 2. The fourth-order valence-electron chi connectivity index (χ4n) is 4.45. The molecule has 30 heavy (non-hydrogen) atoms. The molecule has 8 nitrogen and oxygen atoms in total. The number of rotatable bonds is 6. The SMILES string of the molecule is COCCCOC1CCC2N(C)C(=O)c3c(O)c(=O)ccn3N2C1c1ccccc1. The molecule has 160 valence electrons. The second-order valence-electron chi connectivity index (χ2n) is 7.69. The summed E-state index contributed by atoms with van der Waals surface area (Å²) in [5.74, 6) is -0.888. The lowest BCUT2D eigenvalue weighted by molar-refractivity contribution is -0.0236. The van der Waals surface area contributed by atoms with Crippen LogP contribution in [0, 0.1) is 0 Å². The van der Waals surface area contributed by atoms with Crippen molar-refractivity contribution in [2.24, 2.45) is 0 Å². The average molecular weight is 413 g/mol. The van der Waals surface area contributed by atoms with E-state index in [4.69, 9.17) is 9.47 Å². The number of hydrogen-bond acceptors (Lipinski definition) is 6. The quantitative estimate of drug-likeness (QED) is 0.728. The highest BCUT2D eigenvalue weighted by Gasteiger charge is 2.46. The molecule has 1 amide bonds. The Hall–Kier alpha value is -2.84. The molecule has 1 aromatic heterocycles. The maximum absolute atomic E-state index is 12.9. The number of benzene rings is 1. The first-order valence-corrected chi connectivity index (χ1v) is 10.2. The van der Waals surface area contributed by atoms with Crippen molar-refractivity contribution in [3.63, 3.8) is 0 Å². The summed E-state index contributed by atoms with van der Waals surface area (Å²) in [5.41, 5.74) is 0.468. The molecule has 0 aliphatic carbocycles. The van der Waals surface area contributed by atoms with Crippen LogP contribution in [-0.4, -0.2) is 60.2 Å². The highest BCUT2D eigenvalue weighted by atomic mass is 16.5. The molecule has 3 unspecified atom stereocenters. The van der Waals surface area contributed by atoms with E-state index in [-0.39, 0.29) is 29.9 Å². The Bertz CT molecular complexity index is 961. The van der Waals surface area contributed by atoms with Crippen LogP contribution in [0.5, 0.6) is 5.75 Å². The molecule has 2 aliphatic heterocycles. The Labute approximate surface area is 175 Å². The van der Waals surface area contributed by atoms with E-state index < -0.39 is 11.2 Å². The smallest absolute Gasteiger partial charge is 0.277 e. The van der Waals surface area contributed by atoms with Crippen molar-refractivity contribution in [1.82, 2.24) is 9.58 Å². The Balaban J connectivity index is 1.79. The van der Waals surface area contributed by atoms with Gasteiger partial charge >= 0.3 is 0 Å². The van der Waals surface area contributed by atoms with Gasteiger partial charge in [0.25, 0.3) is 5.91 Å². The molecule has 1 saturated heterocycles. The summed E-state index contributed by atoms with van der Waals surface area (Å²) in [6.07, 6.45) is 3.53. The van der Waals surface area contributed by atoms with Gasteiger partial charge in [0.1, 0.15) is 6.17 Å². The Morgan fingerprint density at radius 2 is 1.87 bits per heavy atom. The van der Waals surface area contributed by atoms with E-state index in [0.717, 1.165) is 18.4 Å².